The van der Waals surface area contributed by atoms with E-state index in [0.717, 1.165) is 6.07 Å². The lowest BCUT2D eigenvalue weighted by molar-refractivity contribution is -0.120. The van der Waals surface area contributed by atoms with Crippen LogP contribution < -0.4 is 9.73 Å². The number of carbonyl (C=O) groups excluding carboxylic acids is 1. The Morgan fingerprint density at radius 1 is 0.966 bits per heavy atom. The normalized spacial score (nSPS) is 19.6. The van der Waals surface area contributed by atoms with Crippen molar-refractivity contribution in [1.82, 2.24) is 4.72 Å². The van der Waals surface area contributed by atoms with Gasteiger partial charge in [0.05, 0.1) is 16.3 Å². The van der Waals surface area contributed by atoms with Crippen molar-refractivity contribution in [2.45, 2.75) is 24.3 Å². The van der Waals surface area contributed by atoms with Gasteiger partial charge in [-0.05, 0) is 38.1 Å². The van der Waals surface area contributed by atoms with Gasteiger partial charge in [-0.25, -0.2) is 12.8 Å². The third-order valence-electron chi connectivity index (χ3n) is 5.05. The molecule has 0 saturated heterocycles. The number of hydrogen-bond acceptors (Lipinski definition) is 4. The summed E-state index contributed by atoms with van der Waals surface area (Å²) in [6.07, 6.45) is 0. The second-order valence-corrected chi connectivity index (χ2v) is 8.61. The van der Waals surface area contributed by atoms with Gasteiger partial charge in [0.2, 0.25) is 10.0 Å². The Balaban J connectivity index is 1.75. The SMILES string of the molecule is CC1=NN(c2ccccc2)C(=O)[C@@]1(C)NS(=O)(=O)c1ccc(F)c2ccccc12. The van der Waals surface area contributed by atoms with E-state index in [4.69, 9.17) is 0 Å². The molecule has 1 aliphatic heterocycles. The van der Waals surface area contributed by atoms with Gasteiger partial charge in [-0.1, -0.05) is 42.5 Å². The smallest absolute Gasteiger partial charge is 0.270 e. The van der Waals surface area contributed by atoms with Crippen molar-refractivity contribution >= 4 is 38.1 Å². The highest BCUT2D eigenvalue weighted by Crippen LogP contribution is 2.30. The molecule has 1 N–H and O–H groups in total. The number of anilines is 1. The maximum atomic E-state index is 14.1. The highest BCUT2D eigenvalue weighted by atomic mass is 32.2. The van der Waals surface area contributed by atoms with Crippen LogP contribution in [0.25, 0.3) is 10.8 Å². The molecule has 0 unspecified atom stereocenters. The molecule has 0 aromatic heterocycles. The van der Waals surface area contributed by atoms with Crippen LogP contribution in [0.5, 0.6) is 0 Å². The summed E-state index contributed by atoms with van der Waals surface area (Å²) in [6.45, 7) is 3.06. The van der Waals surface area contributed by atoms with Crippen molar-refractivity contribution in [3.63, 3.8) is 0 Å². The standard InChI is InChI=1S/C21H18FN3O3S/c1-14-21(2,20(26)25(23-14)15-8-4-3-5-9-15)24-29(27,28)19-13-12-18(22)16-10-6-7-11-17(16)19/h3-13,24H,1-2H3/t21-/m0/s1. The summed E-state index contributed by atoms with van der Waals surface area (Å²) in [5.74, 6) is -1.04. The molecule has 0 saturated carbocycles. The number of nitrogens with zero attached hydrogens (tertiary/aromatic N) is 2. The molecule has 1 amide bonds. The van der Waals surface area contributed by atoms with Gasteiger partial charge in [0, 0.05) is 10.8 Å². The molecular formula is C21H18FN3O3S. The summed E-state index contributed by atoms with van der Waals surface area (Å²) in [5, 5.41) is 5.87. The number of nitrogens with one attached hydrogen (secondary N) is 1. The first-order valence-corrected chi connectivity index (χ1v) is 10.4. The van der Waals surface area contributed by atoms with E-state index in [2.05, 4.69) is 9.82 Å². The number of sulfonamides is 1. The molecule has 1 heterocycles. The van der Waals surface area contributed by atoms with Crippen LogP contribution in [-0.4, -0.2) is 25.6 Å². The first-order valence-electron chi connectivity index (χ1n) is 8.90. The monoisotopic (exact) mass is 411 g/mol. The minimum absolute atomic E-state index is 0.102. The lowest BCUT2D eigenvalue weighted by Gasteiger charge is -2.25. The Hall–Kier alpha value is -3.10. The number of halogens is 1. The number of fused-ring (bicyclic) bond motifs is 1. The van der Waals surface area contributed by atoms with Crippen molar-refractivity contribution in [3.8, 4) is 0 Å². The second-order valence-electron chi connectivity index (χ2n) is 6.96. The number of rotatable bonds is 4. The Morgan fingerprint density at radius 3 is 2.28 bits per heavy atom. The minimum Gasteiger partial charge on any atom is -0.270 e. The number of para-hydroxylation sites is 1. The highest BCUT2D eigenvalue weighted by molar-refractivity contribution is 7.89. The van der Waals surface area contributed by atoms with E-state index in [1.54, 1.807) is 43.3 Å². The molecule has 0 fully saturated rings. The van der Waals surface area contributed by atoms with Crippen LogP contribution in [0.15, 0.2) is 76.7 Å². The predicted molar refractivity (Wildman–Crippen MR) is 110 cm³/mol. The summed E-state index contributed by atoms with van der Waals surface area (Å²) in [6, 6.07) is 17.4. The number of hydrazone groups is 1. The number of amides is 1. The third kappa shape index (κ3) is 3.10. The van der Waals surface area contributed by atoms with Gasteiger partial charge in [0.15, 0.2) is 5.54 Å². The Bertz CT molecular complexity index is 1260. The molecule has 3 aromatic carbocycles. The topological polar surface area (TPSA) is 78.8 Å². The molecule has 29 heavy (non-hydrogen) atoms. The number of hydrogen-bond donors (Lipinski definition) is 1. The summed E-state index contributed by atoms with van der Waals surface area (Å²) < 4.78 is 43.0. The molecule has 1 aliphatic rings. The van der Waals surface area contributed by atoms with Crippen LogP contribution in [0.3, 0.4) is 0 Å². The van der Waals surface area contributed by atoms with Gasteiger partial charge < -0.3 is 0 Å². The number of benzene rings is 3. The zero-order valence-corrected chi connectivity index (χ0v) is 16.6. The molecule has 148 valence electrons. The van der Waals surface area contributed by atoms with Crippen molar-refractivity contribution in [2.24, 2.45) is 5.10 Å². The Kier molecular flexibility index (Phi) is 4.48. The molecule has 0 aliphatic carbocycles. The molecule has 4 rings (SSSR count). The largest absolute Gasteiger partial charge is 0.274 e. The maximum absolute atomic E-state index is 14.1. The van der Waals surface area contributed by atoms with E-state index in [0.29, 0.717) is 11.4 Å². The maximum Gasteiger partial charge on any atom is 0.274 e. The lowest BCUT2D eigenvalue weighted by atomic mass is 9.98. The van der Waals surface area contributed by atoms with Gasteiger partial charge in [-0.15, -0.1) is 0 Å². The van der Waals surface area contributed by atoms with Gasteiger partial charge in [-0.3, -0.25) is 4.79 Å². The average Bonchev–Trinajstić information content (AvgIpc) is 2.92. The van der Waals surface area contributed by atoms with Crippen LogP contribution >= 0.6 is 0 Å². The van der Waals surface area contributed by atoms with Crippen LogP contribution in [0.1, 0.15) is 13.8 Å². The van der Waals surface area contributed by atoms with E-state index < -0.39 is 27.3 Å². The molecule has 1 atom stereocenters. The average molecular weight is 411 g/mol. The van der Waals surface area contributed by atoms with E-state index >= 15 is 0 Å². The van der Waals surface area contributed by atoms with Gasteiger partial charge in [0.25, 0.3) is 5.91 Å². The molecule has 8 heteroatoms. The fourth-order valence-electron chi connectivity index (χ4n) is 3.32. The second kappa shape index (κ2) is 6.75. The van der Waals surface area contributed by atoms with Crippen LogP contribution in [0, 0.1) is 5.82 Å². The van der Waals surface area contributed by atoms with Crippen LogP contribution in [0.4, 0.5) is 10.1 Å². The summed E-state index contributed by atoms with van der Waals surface area (Å²) >= 11 is 0. The molecule has 0 bridgehead atoms. The van der Waals surface area contributed by atoms with E-state index in [9.17, 15) is 17.6 Å². The van der Waals surface area contributed by atoms with E-state index in [-0.39, 0.29) is 15.7 Å². The Morgan fingerprint density at radius 2 is 1.59 bits per heavy atom. The Labute approximate surface area is 167 Å². The predicted octanol–water partition coefficient (Wildman–Crippen LogP) is 3.44. The fourth-order valence-corrected chi connectivity index (χ4v) is 4.91. The minimum atomic E-state index is -4.16. The van der Waals surface area contributed by atoms with Gasteiger partial charge in [-0.2, -0.15) is 14.8 Å². The summed E-state index contributed by atoms with van der Waals surface area (Å²) in [7, 11) is -4.16. The van der Waals surface area contributed by atoms with Crippen molar-refractivity contribution in [3.05, 3.63) is 72.5 Å². The molecular weight excluding hydrogens is 393 g/mol. The quantitative estimate of drug-likeness (QED) is 0.714. The summed E-state index contributed by atoms with van der Waals surface area (Å²) in [4.78, 5) is 13.0. The highest BCUT2D eigenvalue weighted by Gasteiger charge is 2.48. The first-order chi connectivity index (χ1) is 13.7. The lowest BCUT2D eigenvalue weighted by Crippen LogP contribution is -2.56. The van der Waals surface area contributed by atoms with Gasteiger partial charge >= 0.3 is 0 Å². The van der Waals surface area contributed by atoms with E-state index in [1.807, 2.05) is 6.07 Å². The fraction of sp³-hybridized carbons (Fsp3) is 0.143. The third-order valence-corrected chi connectivity index (χ3v) is 6.67. The zero-order chi connectivity index (χ0) is 20.8. The van der Waals surface area contributed by atoms with Crippen molar-refractivity contribution in [1.29, 1.82) is 0 Å². The molecule has 0 radical (unpaired) electrons. The van der Waals surface area contributed by atoms with E-state index in [1.165, 1.54) is 30.1 Å². The zero-order valence-electron chi connectivity index (χ0n) is 15.8. The summed E-state index contributed by atoms with van der Waals surface area (Å²) in [5.41, 5.74) is -0.724. The van der Waals surface area contributed by atoms with Crippen LogP contribution in [-0.2, 0) is 14.8 Å². The van der Waals surface area contributed by atoms with Crippen LogP contribution in [0.2, 0.25) is 0 Å². The first kappa shape index (κ1) is 19.2. The van der Waals surface area contributed by atoms with Gasteiger partial charge in [0.1, 0.15) is 5.82 Å². The molecule has 0 spiro atoms. The number of carbonyl (C=O) groups is 1. The molecule has 6 nitrogen and oxygen atoms in total. The molecule has 3 aromatic rings. The van der Waals surface area contributed by atoms with Crippen molar-refractivity contribution < 1.29 is 17.6 Å². The van der Waals surface area contributed by atoms with Crippen molar-refractivity contribution in [2.75, 3.05) is 5.01 Å².